The number of nitrogens with two attached hydrogens (primary N) is 1. The van der Waals surface area contributed by atoms with Gasteiger partial charge in [-0.25, -0.2) is 15.0 Å². The van der Waals surface area contributed by atoms with Crippen LogP contribution in [0.4, 0.5) is 23.4 Å². The molecule has 0 saturated carbocycles. The summed E-state index contributed by atoms with van der Waals surface area (Å²) in [5.41, 5.74) is 8.94. The van der Waals surface area contributed by atoms with Crippen molar-refractivity contribution in [3.05, 3.63) is 64.7 Å². The van der Waals surface area contributed by atoms with Gasteiger partial charge in [-0.2, -0.15) is 22.5 Å². The lowest BCUT2D eigenvalue weighted by molar-refractivity contribution is 0.343. The number of nitrogen functional groups attached to an aromatic ring is 1. The van der Waals surface area contributed by atoms with Crippen LogP contribution in [0.25, 0.3) is 10.3 Å². The van der Waals surface area contributed by atoms with Crippen LogP contribution in [0.3, 0.4) is 0 Å². The molecule has 0 radical (unpaired) electrons. The van der Waals surface area contributed by atoms with Crippen molar-refractivity contribution in [2.75, 3.05) is 5.73 Å². The average Bonchev–Trinajstić information content (AvgIpc) is 3.18. The Morgan fingerprint density at radius 3 is 2.28 bits per heavy atom. The third-order valence-corrected chi connectivity index (χ3v) is 4.73. The summed E-state index contributed by atoms with van der Waals surface area (Å²) in [5, 5.41) is 0. The van der Waals surface area contributed by atoms with Crippen LogP contribution in [0.1, 0.15) is 11.4 Å². The molecular weight excluding hydrogens is 410 g/mol. The van der Waals surface area contributed by atoms with E-state index in [-0.39, 0.29) is 5.75 Å². The molecule has 29 heavy (non-hydrogen) atoms. The van der Waals surface area contributed by atoms with Gasteiger partial charge in [-0.15, -0.1) is 11.3 Å². The molecule has 6 nitrogen and oxygen atoms in total. The fourth-order valence-electron chi connectivity index (χ4n) is 2.60. The molecule has 0 spiro atoms. The Balaban J connectivity index is 1.47. The Kier molecular flexibility index (Phi) is 4.97. The first-order valence-electron chi connectivity index (χ1n) is 8.24. The van der Waals surface area contributed by atoms with Gasteiger partial charge < -0.3 is 10.5 Å². The van der Waals surface area contributed by atoms with Gasteiger partial charge >= 0.3 is 0 Å². The Labute approximate surface area is 165 Å². The van der Waals surface area contributed by atoms with Crippen molar-refractivity contribution in [2.24, 2.45) is 0 Å². The molecule has 0 bridgehead atoms. The van der Waals surface area contributed by atoms with E-state index >= 15 is 0 Å². The molecule has 0 unspecified atom stereocenters. The largest absolute Gasteiger partial charge is 0.451 e. The molecule has 2 N–H and O–H groups in total. The summed E-state index contributed by atoms with van der Waals surface area (Å²) in [5.74, 6) is -7.29. The Hall–Kier alpha value is -3.34. The zero-order chi connectivity index (χ0) is 20.5. The van der Waals surface area contributed by atoms with Crippen LogP contribution in [0.2, 0.25) is 0 Å². The lowest BCUT2D eigenvalue weighted by Crippen LogP contribution is -2.03. The minimum Gasteiger partial charge on any atom is -0.451 e. The van der Waals surface area contributed by atoms with Gasteiger partial charge in [0.05, 0.1) is 5.51 Å². The van der Waals surface area contributed by atoms with E-state index in [4.69, 9.17) is 10.5 Å². The number of aromatic nitrogens is 4. The molecule has 0 aliphatic carbocycles. The zero-order valence-corrected chi connectivity index (χ0v) is 15.3. The van der Waals surface area contributed by atoms with Gasteiger partial charge in [0.25, 0.3) is 11.9 Å². The third-order valence-electron chi connectivity index (χ3n) is 4.01. The quantitative estimate of drug-likeness (QED) is 0.384. The van der Waals surface area contributed by atoms with Crippen molar-refractivity contribution in [2.45, 2.75) is 12.8 Å². The maximum atomic E-state index is 13.6. The number of benzene rings is 1. The van der Waals surface area contributed by atoms with E-state index < -0.39 is 29.3 Å². The molecule has 0 aliphatic heterocycles. The second-order valence-corrected chi connectivity index (χ2v) is 6.76. The lowest BCUT2D eigenvalue weighted by Gasteiger charge is -2.09. The number of anilines is 1. The molecular formula is C18H11F4N5OS. The van der Waals surface area contributed by atoms with Gasteiger partial charge in [0.2, 0.25) is 17.4 Å². The Morgan fingerprint density at radius 1 is 0.897 bits per heavy atom. The summed E-state index contributed by atoms with van der Waals surface area (Å²) >= 11 is 1.37. The van der Waals surface area contributed by atoms with E-state index in [1.165, 1.54) is 23.5 Å². The van der Waals surface area contributed by atoms with E-state index in [0.29, 0.717) is 34.8 Å². The van der Waals surface area contributed by atoms with Gasteiger partial charge in [0.15, 0.2) is 5.82 Å². The van der Waals surface area contributed by atoms with Crippen LogP contribution in [-0.4, -0.2) is 19.9 Å². The van der Waals surface area contributed by atoms with Crippen LogP contribution in [0.5, 0.6) is 11.5 Å². The normalized spacial score (nSPS) is 11.2. The first-order valence-corrected chi connectivity index (χ1v) is 9.12. The zero-order valence-electron chi connectivity index (χ0n) is 14.5. The number of aryl methyl sites for hydroxylation is 2. The fraction of sp³-hybridized carbons (Fsp3) is 0.111. The van der Waals surface area contributed by atoms with E-state index in [2.05, 4.69) is 19.9 Å². The number of halogens is 4. The molecule has 3 heterocycles. The van der Waals surface area contributed by atoms with Crippen molar-refractivity contribution in [1.82, 2.24) is 19.9 Å². The fourth-order valence-corrected chi connectivity index (χ4v) is 3.28. The maximum absolute atomic E-state index is 13.6. The average molecular weight is 421 g/mol. The van der Waals surface area contributed by atoms with Crippen molar-refractivity contribution in [3.63, 3.8) is 0 Å². The molecule has 3 aromatic heterocycles. The second-order valence-electron chi connectivity index (χ2n) is 5.93. The molecule has 11 heteroatoms. The van der Waals surface area contributed by atoms with Crippen LogP contribution >= 0.6 is 11.3 Å². The van der Waals surface area contributed by atoms with Crippen molar-refractivity contribution in [1.29, 1.82) is 0 Å². The Morgan fingerprint density at radius 2 is 1.59 bits per heavy atom. The minimum absolute atomic E-state index is 0.00289. The summed E-state index contributed by atoms with van der Waals surface area (Å²) in [6.07, 6.45) is 1.06. The van der Waals surface area contributed by atoms with Gasteiger partial charge in [0, 0.05) is 6.42 Å². The predicted molar refractivity (Wildman–Crippen MR) is 97.6 cm³/mol. The monoisotopic (exact) mass is 421 g/mol. The van der Waals surface area contributed by atoms with Gasteiger partial charge in [0.1, 0.15) is 21.9 Å². The Bertz CT molecular complexity index is 1170. The van der Waals surface area contributed by atoms with E-state index in [0.717, 1.165) is 5.56 Å². The molecule has 1 aromatic carbocycles. The molecule has 0 amide bonds. The summed E-state index contributed by atoms with van der Waals surface area (Å²) in [6.45, 7) is 0. The highest BCUT2D eigenvalue weighted by molar-refractivity contribution is 7.16. The third kappa shape index (κ3) is 3.81. The first-order chi connectivity index (χ1) is 13.9. The highest BCUT2D eigenvalue weighted by Crippen LogP contribution is 2.30. The van der Waals surface area contributed by atoms with Gasteiger partial charge in [-0.05, 0) is 24.1 Å². The van der Waals surface area contributed by atoms with Crippen LogP contribution < -0.4 is 10.5 Å². The van der Waals surface area contributed by atoms with Crippen LogP contribution in [0, 0.1) is 23.5 Å². The summed E-state index contributed by atoms with van der Waals surface area (Å²) in [4.78, 5) is 15.9. The number of pyridine rings is 1. The molecule has 0 fully saturated rings. The number of thiazole rings is 1. The minimum atomic E-state index is -1.78. The molecule has 0 aliphatic rings. The van der Waals surface area contributed by atoms with Gasteiger partial charge in [-0.3, -0.25) is 0 Å². The number of rotatable bonds is 5. The number of ether oxygens (including phenoxy) is 1. The molecule has 148 valence electrons. The number of hydrogen-bond donors (Lipinski definition) is 1. The van der Waals surface area contributed by atoms with E-state index in [9.17, 15) is 17.6 Å². The van der Waals surface area contributed by atoms with Crippen molar-refractivity contribution < 1.29 is 22.3 Å². The molecule has 0 saturated heterocycles. The smallest absolute Gasteiger partial charge is 0.255 e. The lowest BCUT2D eigenvalue weighted by atomic mass is 10.1. The van der Waals surface area contributed by atoms with Crippen molar-refractivity contribution >= 4 is 27.5 Å². The van der Waals surface area contributed by atoms with E-state index in [1.54, 1.807) is 17.6 Å². The van der Waals surface area contributed by atoms with Crippen LogP contribution in [-0.2, 0) is 12.8 Å². The molecule has 0 atom stereocenters. The summed E-state index contributed by atoms with van der Waals surface area (Å²) in [7, 11) is 0. The van der Waals surface area contributed by atoms with Crippen LogP contribution in [0.15, 0.2) is 29.8 Å². The van der Waals surface area contributed by atoms with Gasteiger partial charge in [-0.1, -0.05) is 12.1 Å². The van der Waals surface area contributed by atoms with E-state index in [1.807, 2.05) is 0 Å². The summed E-state index contributed by atoms with van der Waals surface area (Å²) in [6, 6.07) is 6.14. The topological polar surface area (TPSA) is 86.8 Å². The van der Waals surface area contributed by atoms with Crippen molar-refractivity contribution in [3.8, 4) is 11.5 Å². The summed E-state index contributed by atoms with van der Waals surface area (Å²) < 4.78 is 58.5. The highest BCUT2D eigenvalue weighted by atomic mass is 32.1. The SMILES string of the molecule is Nc1nc(CCc2ccc(Oc3c(F)c(F)nc(F)c3F)cc2)nc2scnc12. The maximum Gasteiger partial charge on any atom is 0.255 e. The standard InChI is InChI=1S/C18H11F4N5OS/c19-11-14(12(20)16(22)27-15(11)21)28-9-4-1-8(2-5-9)3-6-10-25-17(23)13-18(26-10)29-7-24-13/h1-2,4-5,7H,3,6H2,(H2,23,25,26). The second kappa shape index (κ2) is 7.59. The number of nitrogens with zero attached hydrogens (tertiary/aromatic N) is 4. The molecule has 4 aromatic rings. The first kappa shape index (κ1) is 19.0. The highest BCUT2D eigenvalue weighted by Gasteiger charge is 2.22. The number of fused-ring (bicyclic) bond motifs is 1. The molecule has 4 rings (SSSR count). The number of hydrogen-bond acceptors (Lipinski definition) is 7. The predicted octanol–water partition coefficient (Wildman–Crippen LogP) is 4.20.